The number of aldehydes is 1. The standard InChI is InChI=1S/C9H9NO4/c1-6-8(10(12)13)3-7(5-11)4-9(6)14-2/h3-5H,1-2H3. The second-order valence-corrected chi connectivity index (χ2v) is 2.74. The van der Waals surface area contributed by atoms with Crippen LogP contribution in [0.1, 0.15) is 15.9 Å². The van der Waals surface area contributed by atoms with E-state index in [1.165, 1.54) is 19.2 Å². The minimum absolute atomic E-state index is 0.105. The zero-order valence-corrected chi connectivity index (χ0v) is 7.81. The molecule has 1 aromatic rings. The second-order valence-electron chi connectivity index (χ2n) is 2.74. The maximum atomic E-state index is 10.6. The average molecular weight is 195 g/mol. The lowest BCUT2D eigenvalue weighted by atomic mass is 10.1. The fourth-order valence-corrected chi connectivity index (χ4v) is 1.16. The van der Waals surface area contributed by atoms with Crippen molar-refractivity contribution in [3.8, 4) is 5.75 Å². The van der Waals surface area contributed by atoms with E-state index in [2.05, 4.69) is 0 Å². The lowest BCUT2D eigenvalue weighted by Gasteiger charge is -2.05. The van der Waals surface area contributed by atoms with Crippen LogP contribution in [0.2, 0.25) is 0 Å². The zero-order chi connectivity index (χ0) is 10.7. The molecule has 0 bridgehead atoms. The average Bonchev–Trinajstić information content (AvgIpc) is 2.17. The number of ether oxygens (including phenoxy) is 1. The van der Waals surface area contributed by atoms with E-state index in [0.717, 1.165) is 0 Å². The van der Waals surface area contributed by atoms with Crippen LogP contribution in [0, 0.1) is 17.0 Å². The number of hydrogen-bond donors (Lipinski definition) is 0. The highest BCUT2D eigenvalue weighted by Gasteiger charge is 2.16. The van der Waals surface area contributed by atoms with E-state index in [0.29, 0.717) is 17.6 Å². The molecule has 0 saturated heterocycles. The summed E-state index contributed by atoms with van der Waals surface area (Å²) < 4.78 is 4.91. The van der Waals surface area contributed by atoms with Crippen LogP contribution < -0.4 is 4.74 Å². The fraction of sp³-hybridized carbons (Fsp3) is 0.222. The molecule has 0 aliphatic heterocycles. The Morgan fingerprint density at radius 2 is 2.14 bits per heavy atom. The molecule has 0 N–H and O–H groups in total. The molecule has 0 radical (unpaired) electrons. The quantitative estimate of drug-likeness (QED) is 0.418. The lowest BCUT2D eigenvalue weighted by Crippen LogP contribution is -1.97. The Balaban J connectivity index is 3.41. The topological polar surface area (TPSA) is 69.4 Å². The number of carbonyl (C=O) groups excluding carboxylic acids is 1. The van der Waals surface area contributed by atoms with Crippen molar-refractivity contribution in [2.24, 2.45) is 0 Å². The Hall–Kier alpha value is -1.91. The molecular formula is C9H9NO4. The van der Waals surface area contributed by atoms with Gasteiger partial charge in [-0.25, -0.2) is 0 Å². The fourth-order valence-electron chi connectivity index (χ4n) is 1.16. The number of hydrogen-bond acceptors (Lipinski definition) is 4. The first-order valence-corrected chi connectivity index (χ1v) is 3.88. The highest BCUT2D eigenvalue weighted by Crippen LogP contribution is 2.28. The van der Waals surface area contributed by atoms with Crippen LogP contribution in [0.25, 0.3) is 0 Å². The van der Waals surface area contributed by atoms with Crippen LogP contribution in [-0.4, -0.2) is 18.3 Å². The number of nitro benzene ring substituents is 1. The summed E-state index contributed by atoms with van der Waals surface area (Å²) >= 11 is 0. The van der Waals surface area contributed by atoms with Crippen molar-refractivity contribution < 1.29 is 14.5 Å². The van der Waals surface area contributed by atoms with Crippen LogP contribution in [0.4, 0.5) is 5.69 Å². The molecule has 74 valence electrons. The van der Waals surface area contributed by atoms with Crippen molar-refractivity contribution in [3.63, 3.8) is 0 Å². The van der Waals surface area contributed by atoms with Crippen LogP contribution in [0.5, 0.6) is 5.75 Å². The van der Waals surface area contributed by atoms with Crippen molar-refractivity contribution in [2.45, 2.75) is 6.92 Å². The van der Waals surface area contributed by atoms with Gasteiger partial charge in [-0.15, -0.1) is 0 Å². The minimum Gasteiger partial charge on any atom is -0.496 e. The normalized spacial score (nSPS) is 9.57. The SMILES string of the molecule is COc1cc(C=O)cc([N+](=O)[O-])c1C. The Bertz CT molecular complexity index is 387. The van der Waals surface area contributed by atoms with E-state index in [1.54, 1.807) is 6.92 Å². The Kier molecular flexibility index (Phi) is 2.81. The van der Waals surface area contributed by atoms with Crippen LogP contribution in [0.15, 0.2) is 12.1 Å². The third kappa shape index (κ3) is 1.71. The molecule has 5 heteroatoms. The smallest absolute Gasteiger partial charge is 0.276 e. The minimum atomic E-state index is -0.537. The molecule has 0 spiro atoms. The van der Waals surface area contributed by atoms with E-state index in [1.807, 2.05) is 0 Å². The van der Waals surface area contributed by atoms with Gasteiger partial charge in [0.25, 0.3) is 5.69 Å². The number of carbonyl (C=O) groups is 1. The summed E-state index contributed by atoms with van der Waals surface area (Å²) in [6.45, 7) is 1.57. The number of nitrogens with zero attached hydrogens (tertiary/aromatic N) is 1. The van der Waals surface area contributed by atoms with E-state index in [-0.39, 0.29) is 11.3 Å². The molecule has 0 saturated carbocycles. The molecule has 0 aromatic heterocycles. The summed E-state index contributed by atoms with van der Waals surface area (Å²) in [5.41, 5.74) is 0.550. The maximum Gasteiger partial charge on any atom is 0.276 e. The van der Waals surface area contributed by atoms with Gasteiger partial charge in [-0.05, 0) is 13.0 Å². The van der Waals surface area contributed by atoms with Gasteiger partial charge in [0.1, 0.15) is 12.0 Å². The van der Waals surface area contributed by atoms with E-state index >= 15 is 0 Å². The van der Waals surface area contributed by atoms with Gasteiger partial charge in [0.2, 0.25) is 0 Å². The summed E-state index contributed by atoms with van der Waals surface area (Å²) in [6.07, 6.45) is 0.551. The predicted octanol–water partition coefficient (Wildman–Crippen LogP) is 1.72. The molecule has 0 unspecified atom stereocenters. The van der Waals surface area contributed by atoms with Gasteiger partial charge in [-0.1, -0.05) is 0 Å². The summed E-state index contributed by atoms with van der Waals surface area (Å²) in [5.74, 6) is 0.348. The van der Waals surface area contributed by atoms with Gasteiger partial charge < -0.3 is 4.74 Å². The molecular weight excluding hydrogens is 186 g/mol. The van der Waals surface area contributed by atoms with E-state index < -0.39 is 4.92 Å². The summed E-state index contributed by atoms with van der Waals surface area (Å²) in [4.78, 5) is 20.5. The van der Waals surface area contributed by atoms with E-state index in [9.17, 15) is 14.9 Å². The largest absolute Gasteiger partial charge is 0.496 e. The Morgan fingerprint density at radius 3 is 2.57 bits per heavy atom. The van der Waals surface area contributed by atoms with E-state index in [4.69, 9.17) is 4.74 Å². The Morgan fingerprint density at radius 1 is 1.50 bits per heavy atom. The monoisotopic (exact) mass is 195 g/mol. The summed E-state index contributed by atoms with van der Waals surface area (Å²) in [7, 11) is 1.40. The molecule has 1 aromatic carbocycles. The molecule has 0 amide bonds. The molecule has 14 heavy (non-hydrogen) atoms. The van der Waals surface area contributed by atoms with Gasteiger partial charge in [0, 0.05) is 11.6 Å². The van der Waals surface area contributed by atoms with Gasteiger partial charge in [-0.3, -0.25) is 14.9 Å². The summed E-state index contributed by atoms with van der Waals surface area (Å²) in [6, 6.07) is 2.69. The highest BCUT2D eigenvalue weighted by molar-refractivity contribution is 5.78. The van der Waals surface area contributed by atoms with Gasteiger partial charge >= 0.3 is 0 Å². The van der Waals surface area contributed by atoms with Crippen LogP contribution in [-0.2, 0) is 0 Å². The zero-order valence-electron chi connectivity index (χ0n) is 7.81. The predicted molar refractivity (Wildman–Crippen MR) is 49.8 cm³/mol. The number of nitro groups is 1. The van der Waals surface area contributed by atoms with Crippen LogP contribution >= 0.6 is 0 Å². The van der Waals surface area contributed by atoms with Crippen molar-refractivity contribution in [2.75, 3.05) is 7.11 Å². The molecule has 0 atom stereocenters. The second kappa shape index (κ2) is 3.87. The number of methoxy groups -OCH3 is 1. The molecule has 0 aliphatic rings. The van der Waals surface area contributed by atoms with Crippen molar-refractivity contribution in [1.29, 1.82) is 0 Å². The highest BCUT2D eigenvalue weighted by atomic mass is 16.6. The molecule has 0 aliphatic carbocycles. The molecule has 0 fully saturated rings. The third-order valence-electron chi connectivity index (χ3n) is 1.91. The first-order valence-electron chi connectivity index (χ1n) is 3.88. The third-order valence-corrected chi connectivity index (χ3v) is 1.91. The van der Waals surface area contributed by atoms with Crippen molar-refractivity contribution >= 4 is 12.0 Å². The van der Waals surface area contributed by atoms with Crippen molar-refractivity contribution in [1.82, 2.24) is 0 Å². The maximum absolute atomic E-state index is 10.6. The first-order chi connectivity index (χ1) is 6.60. The number of benzene rings is 1. The first kappa shape index (κ1) is 10.2. The number of rotatable bonds is 3. The van der Waals surface area contributed by atoms with Crippen molar-refractivity contribution in [3.05, 3.63) is 33.4 Å². The molecule has 0 heterocycles. The Labute approximate surface area is 80.5 Å². The molecule has 5 nitrogen and oxygen atoms in total. The van der Waals surface area contributed by atoms with Crippen LogP contribution in [0.3, 0.4) is 0 Å². The van der Waals surface area contributed by atoms with Gasteiger partial charge in [-0.2, -0.15) is 0 Å². The lowest BCUT2D eigenvalue weighted by molar-refractivity contribution is -0.385. The van der Waals surface area contributed by atoms with Gasteiger partial charge in [0.15, 0.2) is 0 Å². The summed E-state index contributed by atoms with van der Waals surface area (Å²) in [5, 5.41) is 10.6. The molecule has 1 rings (SSSR count). The van der Waals surface area contributed by atoms with Gasteiger partial charge in [0.05, 0.1) is 17.6 Å².